The van der Waals surface area contributed by atoms with E-state index in [0.717, 1.165) is 26.1 Å². The summed E-state index contributed by atoms with van der Waals surface area (Å²) in [5, 5.41) is 30.4. The minimum Gasteiger partial charge on any atom is -0.477 e. The summed E-state index contributed by atoms with van der Waals surface area (Å²) in [5.74, 6) is -1.86. The Morgan fingerprint density at radius 3 is 2.85 bits per heavy atom. The van der Waals surface area contributed by atoms with Gasteiger partial charge in [-0.25, -0.2) is 9.48 Å². The van der Waals surface area contributed by atoms with E-state index in [2.05, 4.69) is 31.5 Å². The number of tetrazole rings is 1. The van der Waals surface area contributed by atoms with Crippen molar-refractivity contribution in [2.24, 2.45) is 17.8 Å². The summed E-state index contributed by atoms with van der Waals surface area (Å²) in [6.07, 6.45) is 2.97. The number of carboxylic acids is 1. The quantitative estimate of drug-likeness (QED) is 0.266. The number of rotatable bonds is 8. The topological polar surface area (TPSA) is 175 Å². The second kappa shape index (κ2) is 10.2. The van der Waals surface area contributed by atoms with Crippen molar-refractivity contribution in [3.8, 4) is 0 Å². The highest BCUT2D eigenvalue weighted by Crippen LogP contribution is 2.52. The molecule has 0 bridgehead atoms. The lowest BCUT2D eigenvalue weighted by molar-refractivity contribution is -0.158. The minimum absolute atomic E-state index is 0.0199. The van der Waals surface area contributed by atoms with Gasteiger partial charge in [0.15, 0.2) is 0 Å². The molecule has 1 aromatic rings. The Hall–Kier alpha value is -3.04. The van der Waals surface area contributed by atoms with Crippen LogP contribution in [0.5, 0.6) is 0 Å². The summed E-state index contributed by atoms with van der Waals surface area (Å²) in [6, 6.07) is -0.857. The molecule has 5 aliphatic rings. The van der Waals surface area contributed by atoms with Crippen LogP contribution in [0, 0.1) is 17.8 Å². The van der Waals surface area contributed by atoms with Crippen molar-refractivity contribution in [3.05, 3.63) is 16.9 Å². The molecule has 0 aromatic carbocycles. The van der Waals surface area contributed by atoms with E-state index in [9.17, 15) is 24.3 Å². The number of hydrogen-bond donors (Lipinski definition) is 4. The van der Waals surface area contributed by atoms with Crippen LogP contribution in [-0.4, -0.2) is 114 Å². The van der Waals surface area contributed by atoms with E-state index in [0.29, 0.717) is 23.8 Å². The van der Waals surface area contributed by atoms with Gasteiger partial charge in [-0.05, 0) is 36.1 Å². The SMILES string of the molecule is C[C@@H](NC(=O)Cn1cnnn1)[C@H]1C(=O)N2C(C(=O)O)=C(S[C@H]3CN[C@H](C(=O)N4CCC5CNCC54)C3)[C@H](C)[C@H]12. The van der Waals surface area contributed by atoms with Crippen molar-refractivity contribution in [2.75, 3.05) is 26.2 Å². The second-order valence-electron chi connectivity index (χ2n) is 11.1. The van der Waals surface area contributed by atoms with Gasteiger partial charge in [-0.1, -0.05) is 6.92 Å². The number of thioether (sulfide) groups is 1. The Morgan fingerprint density at radius 2 is 2.10 bits per heavy atom. The highest BCUT2D eigenvalue weighted by molar-refractivity contribution is 8.03. The molecule has 8 atom stereocenters. The van der Waals surface area contributed by atoms with E-state index in [1.165, 1.54) is 27.7 Å². The van der Waals surface area contributed by atoms with E-state index < -0.39 is 17.9 Å². The van der Waals surface area contributed by atoms with E-state index in [1.54, 1.807) is 6.92 Å². The molecule has 210 valence electrons. The first-order chi connectivity index (χ1) is 18.7. The van der Waals surface area contributed by atoms with Gasteiger partial charge < -0.3 is 30.9 Å². The molecule has 3 amide bonds. The fourth-order valence-corrected chi connectivity index (χ4v) is 8.45. The second-order valence-corrected chi connectivity index (χ2v) is 12.5. The molecule has 0 aliphatic carbocycles. The highest BCUT2D eigenvalue weighted by atomic mass is 32.2. The molecule has 0 radical (unpaired) electrons. The third-order valence-electron chi connectivity index (χ3n) is 8.83. The van der Waals surface area contributed by atoms with Crippen LogP contribution in [0.15, 0.2) is 16.9 Å². The lowest BCUT2D eigenvalue weighted by Gasteiger charge is -2.47. The first-order valence-electron chi connectivity index (χ1n) is 13.5. The minimum atomic E-state index is -1.13. The molecule has 39 heavy (non-hydrogen) atoms. The summed E-state index contributed by atoms with van der Waals surface area (Å²) < 4.78 is 1.29. The van der Waals surface area contributed by atoms with E-state index in [-0.39, 0.29) is 59.3 Å². The average Bonchev–Trinajstić information content (AvgIpc) is 3.69. The van der Waals surface area contributed by atoms with Gasteiger partial charge in [0, 0.05) is 54.3 Å². The number of carbonyl (C=O) groups excluding carboxylic acids is 3. The number of hydrogen-bond acceptors (Lipinski definition) is 10. The molecule has 6 rings (SSSR count). The molecule has 6 heterocycles. The molecule has 1 aromatic heterocycles. The van der Waals surface area contributed by atoms with E-state index in [1.807, 2.05) is 11.8 Å². The monoisotopic (exact) mass is 559 g/mol. The van der Waals surface area contributed by atoms with Crippen molar-refractivity contribution < 1.29 is 24.3 Å². The van der Waals surface area contributed by atoms with E-state index in [4.69, 9.17) is 0 Å². The summed E-state index contributed by atoms with van der Waals surface area (Å²) in [4.78, 5) is 55.3. The number of nitrogens with one attached hydrogen (secondary N) is 3. The molecule has 0 saturated carbocycles. The molecular weight excluding hydrogens is 526 g/mol. The van der Waals surface area contributed by atoms with Crippen LogP contribution >= 0.6 is 11.8 Å². The number of carbonyl (C=O) groups is 4. The van der Waals surface area contributed by atoms with Gasteiger partial charge in [-0.3, -0.25) is 14.4 Å². The van der Waals surface area contributed by atoms with Gasteiger partial charge >= 0.3 is 5.97 Å². The van der Waals surface area contributed by atoms with Gasteiger partial charge in [0.25, 0.3) is 0 Å². The van der Waals surface area contributed by atoms with Gasteiger partial charge in [-0.15, -0.1) is 16.9 Å². The van der Waals surface area contributed by atoms with Gasteiger partial charge in [0.1, 0.15) is 18.6 Å². The van der Waals surface area contributed by atoms with Crippen molar-refractivity contribution >= 4 is 35.5 Å². The number of β-lactam (4-membered cyclic amide) rings is 1. The predicted octanol–water partition coefficient (Wildman–Crippen LogP) is -1.77. The van der Waals surface area contributed by atoms with Crippen LogP contribution in [0.25, 0.3) is 0 Å². The van der Waals surface area contributed by atoms with E-state index >= 15 is 0 Å². The Bertz CT molecular complexity index is 1210. The number of aromatic nitrogens is 4. The molecule has 15 heteroatoms. The maximum absolute atomic E-state index is 13.3. The maximum atomic E-state index is 13.3. The van der Waals surface area contributed by atoms with Crippen LogP contribution in [0.1, 0.15) is 26.7 Å². The molecule has 4 saturated heterocycles. The number of nitrogens with zero attached hydrogens (tertiary/aromatic N) is 6. The third kappa shape index (κ3) is 4.49. The van der Waals surface area contributed by atoms with Crippen molar-refractivity contribution in [1.82, 2.24) is 46.0 Å². The Balaban J connectivity index is 1.10. The van der Waals surface area contributed by atoms with Crippen molar-refractivity contribution in [3.63, 3.8) is 0 Å². The standard InChI is InChI=1S/C24H33N9O5S/c1-11-19-18(12(2)28-17(34)9-31-10-27-29-30-31)23(36)33(19)20(24(37)38)21(11)39-14-5-15(26-7-14)22(35)32-4-3-13-6-25-8-16(13)32/h10-16,18-19,25-26H,3-9H2,1-2H3,(H,28,34)(H,37,38)/t11-,12-,13?,14-,15+,16?,18-,19-/m1/s1. The predicted molar refractivity (Wildman–Crippen MR) is 138 cm³/mol. The van der Waals surface area contributed by atoms with Crippen molar-refractivity contribution in [1.29, 1.82) is 0 Å². The van der Waals surface area contributed by atoms with Crippen molar-refractivity contribution in [2.45, 2.75) is 62.7 Å². The van der Waals surface area contributed by atoms with Crippen LogP contribution in [0.4, 0.5) is 0 Å². The molecule has 2 unspecified atom stereocenters. The van der Waals surface area contributed by atoms with Gasteiger partial charge in [-0.2, -0.15) is 0 Å². The first-order valence-corrected chi connectivity index (χ1v) is 14.3. The molecule has 4 fully saturated rings. The number of carboxylic acid groups (broad SMARTS) is 1. The molecular formula is C24H33N9O5S. The zero-order valence-corrected chi connectivity index (χ0v) is 22.6. The van der Waals surface area contributed by atoms with Crippen LogP contribution in [0.2, 0.25) is 0 Å². The van der Waals surface area contributed by atoms with Crippen LogP contribution in [-0.2, 0) is 25.7 Å². The normalized spacial score (nSPS) is 34.2. The van der Waals surface area contributed by atoms with Crippen LogP contribution < -0.4 is 16.0 Å². The number of likely N-dealkylation sites (tertiary alicyclic amines) is 1. The van der Waals surface area contributed by atoms with Crippen LogP contribution in [0.3, 0.4) is 0 Å². The summed E-state index contributed by atoms with van der Waals surface area (Å²) in [5.41, 5.74) is 0.0279. The Labute approximate surface area is 229 Å². The third-order valence-corrected chi connectivity index (χ3v) is 10.3. The summed E-state index contributed by atoms with van der Waals surface area (Å²) in [7, 11) is 0. The lowest BCUT2D eigenvalue weighted by Crippen LogP contribution is -2.66. The zero-order chi connectivity index (χ0) is 27.4. The fourth-order valence-electron chi connectivity index (χ4n) is 6.97. The Morgan fingerprint density at radius 1 is 1.28 bits per heavy atom. The van der Waals surface area contributed by atoms with Gasteiger partial charge in [0.2, 0.25) is 17.7 Å². The largest absolute Gasteiger partial charge is 0.477 e. The number of aliphatic carboxylic acids is 1. The van der Waals surface area contributed by atoms with Gasteiger partial charge in [0.05, 0.1) is 18.0 Å². The smallest absolute Gasteiger partial charge is 0.353 e. The summed E-state index contributed by atoms with van der Waals surface area (Å²) >= 11 is 1.47. The Kier molecular flexibility index (Phi) is 6.83. The first kappa shape index (κ1) is 26.2. The zero-order valence-electron chi connectivity index (χ0n) is 21.8. The number of fused-ring (bicyclic) bond motifs is 2. The summed E-state index contributed by atoms with van der Waals surface area (Å²) in [6.45, 7) is 6.82. The number of amides is 3. The molecule has 4 N–H and O–H groups in total. The maximum Gasteiger partial charge on any atom is 0.353 e. The average molecular weight is 560 g/mol. The molecule has 14 nitrogen and oxygen atoms in total. The highest BCUT2D eigenvalue weighted by Gasteiger charge is 2.60. The molecule has 5 aliphatic heterocycles. The molecule has 0 spiro atoms. The fraction of sp³-hybridized carbons (Fsp3) is 0.708. The lowest BCUT2D eigenvalue weighted by atomic mass is 9.78.